The van der Waals surface area contributed by atoms with Crippen LogP contribution in [0.5, 0.6) is 0 Å². The third-order valence-electron chi connectivity index (χ3n) is 14.5. The van der Waals surface area contributed by atoms with Crippen LogP contribution in [0, 0.1) is 11.6 Å². The molecule has 0 unspecified atom stereocenters. The number of carbonyl (C=O) groups excluding carboxylic acids is 2. The second-order valence-electron chi connectivity index (χ2n) is 21.7. The average molecular weight is 965 g/mol. The number of nitrogens with zero attached hydrogens (tertiary/aromatic N) is 6. The SMILES string of the molecule is CC(C)(C)OC(=O)N1CCC[C@H]1c1nc(-c2ccc([C@H]3CC[C@H](c4ccc(-c5c[nH]c([C@@H]6CCCN6C(=O)OC(C)(C)C)n5)cc4)N3c3cc(F)c(N4CCC(c5ccccc5)CC4)c(F)c3)cc2)c[nH]1. The third-order valence-corrected chi connectivity index (χ3v) is 14.5. The Hall–Kier alpha value is -6.70. The number of likely N-dealkylation sites (tertiary alicyclic amines) is 2. The standard InChI is InChI=1S/C57H66F2N8O4/c1-56(2,3)70-54(68)65-28-10-14-49(65)52-60-34-45(62-52)38-16-20-40(21-17-38)47-24-25-48(67(47)42-32-43(58)51(44(59)33-42)64-30-26-37(27-31-64)36-12-8-7-9-13-36)41-22-18-39(19-23-41)46-35-61-53(63-46)50-15-11-29-66(50)55(69)71-57(4,5)6/h7-9,12-13,16-23,32-35,37,47-50H,10-11,14-15,24-31H2,1-6H3,(H,60,62)(H,61,63)/t47-,48-,49+,50+/m1/s1. The van der Waals surface area contributed by atoms with E-state index in [2.05, 4.69) is 75.5 Å². The number of nitrogens with one attached hydrogen (secondary N) is 2. The van der Waals surface area contributed by atoms with Crippen LogP contribution in [0.25, 0.3) is 22.5 Å². The lowest BCUT2D eigenvalue weighted by Crippen LogP contribution is -2.36. The molecule has 12 nitrogen and oxygen atoms in total. The number of aromatic nitrogens is 4. The molecule has 0 radical (unpaired) electrons. The highest BCUT2D eigenvalue weighted by molar-refractivity contribution is 5.70. The van der Waals surface area contributed by atoms with Gasteiger partial charge in [-0.05, 0) is 128 Å². The van der Waals surface area contributed by atoms with Gasteiger partial charge in [0.05, 0.1) is 35.6 Å². The zero-order valence-electron chi connectivity index (χ0n) is 41.8. The van der Waals surface area contributed by atoms with Crippen LogP contribution in [0.1, 0.15) is 151 Å². The molecule has 4 saturated heterocycles. The lowest BCUT2D eigenvalue weighted by Gasteiger charge is -2.36. The number of carbonyl (C=O) groups is 2. The number of piperidine rings is 1. The Morgan fingerprint density at radius 3 is 1.45 bits per heavy atom. The van der Waals surface area contributed by atoms with Crippen molar-refractivity contribution in [3.8, 4) is 22.5 Å². The quantitative estimate of drug-likeness (QED) is 0.147. The molecular weight excluding hydrogens is 899 g/mol. The first kappa shape index (κ1) is 48.0. The summed E-state index contributed by atoms with van der Waals surface area (Å²) in [4.78, 5) is 50.3. The van der Waals surface area contributed by atoms with Gasteiger partial charge in [0.2, 0.25) is 0 Å². The van der Waals surface area contributed by atoms with Crippen LogP contribution >= 0.6 is 0 Å². The molecule has 10 rings (SSSR count). The summed E-state index contributed by atoms with van der Waals surface area (Å²) in [6.07, 6.45) is 9.57. The number of anilines is 2. The molecule has 2 aromatic heterocycles. The fourth-order valence-corrected chi connectivity index (χ4v) is 11.2. The van der Waals surface area contributed by atoms with Gasteiger partial charge < -0.3 is 29.2 Å². The van der Waals surface area contributed by atoms with Crippen molar-refractivity contribution < 1.29 is 27.8 Å². The molecule has 0 spiro atoms. The number of benzene rings is 4. The first-order valence-corrected chi connectivity index (χ1v) is 25.4. The third kappa shape index (κ3) is 10.3. The Kier molecular flexibility index (Phi) is 13.2. The van der Waals surface area contributed by atoms with Crippen molar-refractivity contribution in [1.82, 2.24) is 29.7 Å². The fourth-order valence-electron chi connectivity index (χ4n) is 11.2. The fraction of sp³-hybridized carbons (Fsp3) is 0.439. The van der Waals surface area contributed by atoms with Gasteiger partial charge in [-0.15, -0.1) is 0 Å². The van der Waals surface area contributed by atoms with Crippen LogP contribution < -0.4 is 9.80 Å². The van der Waals surface area contributed by atoms with Crippen LogP contribution in [-0.2, 0) is 9.47 Å². The minimum absolute atomic E-state index is 0.0386. The summed E-state index contributed by atoms with van der Waals surface area (Å²) in [5.74, 6) is 0.690. The minimum atomic E-state index is -0.594. The Labute approximate surface area is 415 Å². The van der Waals surface area contributed by atoms with Crippen molar-refractivity contribution in [2.45, 2.75) is 134 Å². The summed E-state index contributed by atoms with van der Waals surface area (Å²) in [7, 11) is 0. The van der Waals surface area contributed by atoms with E-state index < -0.39 is 22.8 Å². The van der Waals surface area contributed by atoms with Crippen molar-refractivity contribution in [2.24, 2.45) is 0 Å². The second-order valence-corrected chi connectivity index (χ2v) is 21.7. The number of H-pyrrole nitrogens is 2. The number of halogens is 2. The molecule has 4 aromatic carbocycles. The molecule has 0 aliphatic carbocycles. The molecule has 4 aliphatic heterocycles. The van der Waals surface area contributed by atoms with Crippen LogP contribution in [-0.4, -0.2) is 79.3 Å². The highest BCUT2D eigenvalue weighted by Gasteiger charge is 2.39. The molecule has 372 valence electrons. The summed E-state index contributed by atoms with van der Waals surface area (Å²) in [5.41, 5.74) is 6.04. The number of imidazole rings is 2. The van der Waals surface area contributed by atoms with E-state index in [1.807, 2.05) is 77.0 Å². The van der Waals surface area contributed by atoms with E-state index in [0.717, 1.165) is 96.7 Å². The average Bonchev–Trinajstić information content (AvgIpc) is 4.20. The molecule has 71 heavy (non-hydrogen) atoms. The molecule has 0 saturated carbocycles. The van der Waals surface area contributed by atoms with E-state index in [0.29, 0.717) is 37.8 Å². The normalized spacial score (nSPS) is 21.1. The Morgan fingerprint density at radius 1 is 0.563 bits per heavy atom. The number of aromatic amines is 2. The Balaban J connectivity index is 0.910. The predicted molar refractivity (Wildman–Crippen MR) is 272 cm³/mol. The molecule has 14 heteroatoms. The predicted octanol–water partition coefficient (Wildman–Crippen LogP) is 13.4. The minimum Gasteiger partial charge on any atom is -0.444 e. The molecular formula is C57H66F2N8O4. The van der Waals surface area contributed by atoms with Gasteiger partial charge in [0.15, 0.2) is 11.6 Å². The van der Waals surface area contributed by atoms with E-state index in [1.165, 1.54) is 17.7 Å². The van der Waals surface area contributed by atoms with E-state index in [4.69, 9.17) is 19.4 Å². The first-order valence-electron chi connectivity index (χ1n) is 25.4. The highest BCUT2D eigenvalue weighted by Crippen LogP contribution is 2.49. The van der Waals surface area contributed by atoms with Crippen molar-refractivity contribution in [2.75, 3.05) is 36.0 Å². The van der Waals surface area contributed by atoms with Gasteiger partial charge in [-0.1, -0.05) is 78.9 Å². The molecule has 2 amide bonds. The number of hydrogen-bond acceptors (Lipinski definition) is 8. The van der Waals surface area contributed by atoms with E-state index in [-0.39, 0.29) is 42.0 Å². The topological polar surface area (TPSA) is 123 Å². The van der Waals surface area contributed by atoms with Crippen molar-refractivity contribution in [3.63, 3.8) is 0 Å². The zero-order valence-corrected chi connectivity index (χ0v) is 41.8. The number of hydrogen-bond donors (Lipinski definition) is 2. The molecule has 6 heterocycles. The number of amides is 2. The largest absolute Gasteiger partial charge is 0.444 e. The molecule has 4 aliphatic rings. The lowest BCUT2D eigenvalue weighted by atomic mass is 9.89. The van der Waals surface area contributed by atoms with Crippen LogP contribution in [0.2, 0.25) is 0 Å². The van der Waals surface area contributed by atoms with Crippen LogP contribution in [0.15, 0.2) is 103 Å². The maximum atomic E-state index is 16.6. The summed E-state index contributed by atoms with van der Waals surface area (Å²) < 4.78 is 44.7. The van der Waals surface area contributed by atoms with Crippen molar-refractivity contribution >= 4 is 23.6 Å². The van der Waals surface area contributed by atoms with Crippen LogP contribution in [0.3, 0.4) is 0 Å². The van der Waals surface area contributed by atoms with Gasteiger partial charge in [-0.25, -0.2) is 28.3 Å². The summed E-state index contributed by atoms with van der Waals surface area (Å²) in [5, 5.41) is 0. The highest BCUT2D eigenvalue weighted by atomic mass is 19.1. The van der Waals surface area contributed by atoms with Gasteiger partial charge in [-0.3, -0.25) is 9.80 Å². The second kappa shape index (κ2) is 19.5. The molecule has 4 atom stereocenters. The van der Waals surface area contributed by atoms with Gasteiger partial charge in [0.25, 0.3) is 0 Å². The van der Waals surface area contributed by atoms with E-state index in [1.54, 1.807) is 9.80 Å². The Morgan fingerprint density at radius 2 is 1.01 bits per heavy atom. The lowest BCUT2D eigenvalue weighted by molar-refractivity contribution is 0.0208. The van der Waals surface area contributed by atoms with E-state index in [9.17, 15) is 9.59 Å². The number of rotatable bonds is 9. The van der Waals surface area contributed by atoms with Gasteiger partial charge in [0.1, 0.15) is 28.5 Å². The van der Waals surface area contributed by atoms with Crippen molar-refractivity contribution in [1.29, 1.82) is 0 Å². The molecule has 2 N–H and O–H groups in total. The number of ether oxygens (including phenoxy) is 2. The summed E-state index contributed by atoms with van der Waals surface area (Å²) in [6.45, 7) is 13.6. The summed E-state index contributed by atoms with van der Waals surface area (Å²) in [6, 6.07) is 29.3. The molecule has 0 bridgehead atoms. The van der Waals surface area contributed by atoms with Gasteiger partial charge in [-0.2, -0.15) is 0 Å². The first-order chi connectivity index (χ1) is 34.1. The maximum Gasteiger partial charge on any atom is 0.410 e. The van der Waals surface area contributed by atoms with Crippen LogP contribution in [0.4, 0.5) is 29.7 Å². The smallest absolute Gasteiger partial charge is 0.410 e. The molecule has 4 fully saturated rings. The van der Waals surface area contributed by atoms with Gasteiger partial charge >= 0.3 is 12.2 Å². The maximum absolute atomic E-state index is 16.6. The van der Waals surface area contributed by atoms with E-state index >= 15 is 8.78 Å². The monoisotopic (exact) mass is 965 g/mol. The van der Waals surface area contributed by atoms with Crippen molar-refractivity contribution in [3.05, 3.63) is 143 Å². The van der Waals surface area contributed by atoms with Gasteiger partial charge in [0, 0.05) is 55.4 Å². The Bertz CT molecular complexity index is 2670. The summed E-state index contributed by atoms with van der Waals surface area (Å²) >= 11 is 0. The molecule has 6 aromatic rings. The zero-order chi connectivity index (χ0) is 49.6.